The van der Waals surface area contributed by atoms with Gasteiger partial charge in [-0.05, 0) is 38.5 Å². The van der Waals surface area contributed by atoms with Crippen LogP contribution in [0.5, 0.6) is 0 Å². The van der Waals surface area contributed by atoms with Gasteiger partial charge in [0.1, 0.15) is 0 Å². The summed E-state index contributed by atoms with van der Waals surface area (Å²) in [5, 5.41) is 16.7. The first kappa shape index (κ1) is 18.2. The van der Waals surface area contributed by atoms with E-state index in [4.69, 9.17) is 11.5 Å². The monoisotopic (exact) mass is 337 g/mol. The van der Waals surface area contributed by atoms with Crippen molar-refractivity contribution >= 4 is 45.3 Å². The maximum absolute atomic E-state index is 5.60. The Balaban J connectivity index is 3.04. The second-order valence-electron chi connectivity index (χ2n) is 4.06. The Morgan fingerprint density at radius 3 is 1.64 bits per heavy atom. The van der Waals surface area contributed by atoms with Crippen molar-refractivity contribution in [3.8, 4) is 0 Å². The topological polar surface area (TPSA) is 114 Å². The molecular weight excluding hydrogens is 318 g/mol. The van der Waals surface area contributed by atoms with Gasteiger partial charge in [0.15, 0.2) is 10.3 Å². The molecule has 4 N–H and O–H groups in total. The number of nitrogens with zero attached hydrogens (tertiary/aromatic N) is 5. The maximum Gasteiger partial charge on any atom is 0.180 e. The molecule has 0 aliphatic carbocycles. The van der Waals surface area contributed by atoms with Crippen molar-refractivity contribution in [3.63, 3.8) is 0 Å². The molecule has 9 heteroatoms. The summed E-state index contributed by atoms with van der Waals surface area (Å²) in [4.78, 5) is 4.48. The molecule has 0 aliphatic rings. The number of nitrogens with two attached hydrogens (primary N) is 2. The van der Waals surface area contributed by atoms with E-state index < -0.39 is 0 Å². The number of pyridine rings is 1. The first-order valence-electron chi connectivity index (χ1n) is 6.29. The number of thioether (sulfide) groups is 2. The van der Waals surface area contributed by atoms with Gasteiger partial charge in [-0.1, -0.05) is 29.6 Å². The predicted octanol–water partition coefficient (Wildman–Crippen LogP) is 1.89. The van der Waals surface area contributed by atoms with Crippen LogP contribution in [0.2, 0.25) is 0 Å². The first-order chi connectivity index (χ1) is 10.5. The van der Waals surface area contributed by atoms with E-state index in [1.165, 1.54) is 23.5 Å². The van der Waals surface area contributed by atoms with Crippen molar-refractivity contribution in [2.45, 2.75) is 13.8 Å². The minimum absolute atomic E-state index is 0.398. The van der Waals surface area contributed by atoms with E-state index in [9.17, 15) is 0 Å². The van der Waals surface area contributed by atoms with Gasteiger partial charge in [0.25, 0.3) is 0 Å². The van der Waals surface area contributed by atoms with Crippen molar-refractivity contribution in [1.82, 2.24) is 4.98 Å². The van der Waals surface area contributed by atoms with E-state index in [-0.39, 0.29) is 0 Å². The summed E-state index contributed by atoms with van der Waals surface area (Å²) in [6.07, 6.45) is 3.67. The Morgan fingerprint density at radius 2 is 1.27 bits per heavy atom. The Hall–Kier alpha value is -1.87. The lowest BCUT2D eigenvalue weighted by Gasteiger charge is -2.02. The predicted molar refractivity (Wildman–Crippen MR) is 98.9 cm³/mol. The van der Waals surface area contributed by atoms with Crippen LogP contribution < -0.4 is 11.5 Å². The second kappa shape index (κ2) is 9.21. The summed E-state index contributed by atoms with van der Waals surface area (Å²) >= 11 is 2.67. The average Bonchev–Trinajstić information content (AvgIpc) is 2.56. The number of amidine groups is 2. The molecule has 1 rings (SSSR count). The lowest BCUT2D eigenvalue weighted by molar-refractivity contribution is 1.17. The van der Waals surface area contributed by atoms with E-state index >= 15 is 0 Å². The molecule has 22 heavy (non-hydrogen) atoms. The van der Waals surface area contributed by atoms with E-state index in [1.807, 2.05) is 44.6 Å². The van der Waals surface area contributed by atoms with Crippen LogP contribution in [0.4, 0.5) is 0 Å². The lowest BCUT2D eigenvalue weighted by Crippen LogP contribution is -2.08. The van der Waals surface area contributed by atoms with Gasteiger partial charge in [-0.25, -0.2) is 4.98 Å². The van der Waals surface area contributed by atoms with Crippen LogP contribution >= 0.6 is 23.5 Å². The van der Waals surface area contributed by atoms with Gasteiger partial charge in [0.05, 0.1) is 22.8 Å². The summed E-state index contributed by atoms with van der Waals surface area (Å²) in [7, 11) is 0. The van der Waals surface area contributed by atoms with Gasteiger partial charge in [-0.3, -0.25) is 0 Å². The largest absolute Gasteiger partial charge is 0.377 e. The fraction of sp³-hybridized carbons (Fsp3) is 0.308. The van der Waals surface area contributed by atoms with Crippen LogP contribution in [-0.4, -0.2) is 39.3 Å². The van der Waals surface area contributed by atoms with E-state index in [0.717, 1.165) is 0 Å². The minimum Gasteiger partial charge on any atom is -0.377 e. The number of aromatic nitrogens is 1. The van der Waals surface area contributed by atoms with Crippen LogP contribution in [0.15, 0.2) is 38.6 Å². The fourth-order valence-electron chi connectivity index (χ4n) is 1.27. The average molecular weight is 337 g/mol. The van der Waals surface area contributed by atoms with Gasteiger partial charge >= 0.3 is 0 Å². The lowest BCUT2D eigenvalue weighted by atomic mass is 10.2. The summed E-state index contributed by atoms with van der Waals surface area (Å²) in [6.45, 7) is 3.64. The standard InChI is InChI=1S/C13H19N7S2/c1-8(17-19-12(14)21-3)10-6-5-7-11(16-10)9(2)18-20-13(15)22-4/h5-7H,1-4H3,(H2,14,19)(H2,15,20). The second-order valence-corrected chi connectivity index (χ2v) is 5.72. The van der Waals surface area contributed by atoms with Gasteiger partial charge in [-0.15, -0.1) is 10.2 Å². The van der Waals surface area contributed by atoms with Gasteiger partial charge in [0, 0.05) is 0 Å². The maximum atomic E-state index is 5.60. The Bertz CT molecular complexity index is 584. The number of hydrogen-bond donors (Lipinski definition) is 2. The van der Waals surface area contributed by atoms with Gasteiger partial charge in [-0.2, -0.15) is 10.2 Å². The van der Waals surface area contributed by atoms with Crippen molar-refractivity contribution in [2.24, 2.45) is 31.9 Å². The quantitative estimate of drug-likeness (QED) is 0.494. The molecule has 0 spiro atoms. The molecule has 0 saturated carbocycles. The highest BCUT2D eigenvalue weighted by Crippen LogP contribution is 2.05. The Labute approximate surface area is 138 Å². The summed E-state index contributed by atoms with van der Waals surface area (Å²) in [6, 6.07) is 5.57. The molecule has 118 valence electrons. The van der Waals surface area contributed by atoms with Gasteiger partial charge in [0.2, 0.25) is 0 Å². The van der Waals surface area contributed by atoms with Crippen molar-refractivity contribution in [1.29, 1.82) is 0 Å². The number of hydrogen-bond acceptors (Lipinski definition) is 7. The Kier molecular flexibility index (Phi) is 7.61. The van der Waals surface area contributed by atoms with Crippen LogP contribution in [0.1, 0.15) is 25.2 Å². The van der Waals surface area contributed by atoms with Crippen molar-refractivity contribution < 1.29 is 0 Å². The molecule has 0 bridgehead atoms. The zero-order chi connectivity index (χ0) is 16.5. The smallest absolute Gasteiger partial charge is 0.180 e. The van der Waals surface area contributed by atoms with Crippen LogP contribution in [0, 0.1) is 0 Å². The summed E-state index contributed by atoms with van der Waals surface area (Å²) in [5.41, 5.74) is 13.9. The highest BCUT2D eigenvalue weighted by Gasteiger charge is 2.04. The third-order valence-corrected chi connectivity index (χ3v) is 3.51. The molecule has 0 unspecified atom stereocenters. The fourth-order valence-corrected chi connectivity index (χ4v) is 1.52. The molecule has 1 aromatic heterocycles. The number of rotatable bonds is 4. The zero-order valence-corrected chi connectivity index (χ0v) is 14.6. The van der Waals surface area contributed by atoms with E-state index in [0.29, 0.717) is 33.1 Å². The molecule has 1 aromatic rings. The zero-order valence-electron chi connectivity index (χ0n) is 12.9. The normalized spacial score (nSPS) is 14.4. The third kappa shape index (κ3) is 5.86. The summed E-state index contributed by atoms with van der Waals surface area (Å²) < 4.78 is 0. The van der Waals surface area contributed by atoms with Crippen molar-refractivity contribution in [2.75, 3.05) is 12.5 Å². The van der Waals surface area contributed by atoms with E-state index in [1.54, 1.807) is 0 Å². The van der Waals surface area contributed by atoms with Crippen LogP contribution in [0.3, 0.4) is 0 Å². The molecule has 0 saturated heterocycles. The minimum atomic E-state index is 0.398. The molecule has 0 amide bonds. The van der Waals surface area contributed by atoms with Crippen LogP contribution in [0.25, 0.3) is 0 Å². The molecule has 0 atom stereocenters. The summed E-state index contributed by atoms with van der Waals surface area (Å²) in [5.74, 6) is 0. The molecule has 0 aliphatic heterocycles. The molecule has 1 heterocycles. The third-order valence-electron chi connectivity index (χ3n) is 2.51. The van der Waals surface area contributed by atoms with Gasteiger partial charge < -0.3 is 11.5 Å². The molecule has 0 fully saturated rings. The molecular formula is C13H19N7S2. The first-order valence-corrected chi connectivity index (χ1v) is 8.74. The molecule has 0 aromatic carbocycles. The molecule has 0 radical (unpaired) electrons. The van der Waals surface area contributed by atoms with Crippen molar-refractivity contribution in [3.05, 3.63) is 29.6 Å². The SMILES string of the molecule is CS/C(N)=N\N=C(C)c1cccc(C(C)=N/N=C(/N)SC)n1. The Morgan fingerprint density at radius 1 is 0.864 bits per heavy atom. The molecule has 7 nitrogen and oxygen atoms in total. The highest BCUT2D eigenvalue weighted by molar-refractivity contribution is 8.13. The van der Waals surface area contributed by atoms with Crippen LogP contribution in [-0.2, 0) is 0 Å². The van der Waals surface area contributed by atoms with E-state index in [2.05, 4.69) is 25.4 Å². The highest BCUT2D eigenvalue weighted by atomic mass is 32.2.